The van der Waals surface area contributed by atoms with Crippen molar-refractivity contribution in [3.05, 3.63) is 29.8 Å². The molecule has 17 heavy (non-hydrogen) atoms. The fourth-order valence-corrected chi connectivity index (χ4v) is 2.03. The summed E-state index contributed by atoms with van der Waals surface area (Å²) in [5.74, 6) is 0.358. The summed E-state index contributed by atoms with van der Waals surface area (Å²) in [6.07, 6.45) is 0. The van der Waals surface area contributed by atoms with Gasteiger partial charge in [0.05, 0.1) is 6.54 Å². The van der Waals surface area contributed by atoms with E-state index in [-0.39, 0.29) is 12.5 Å². The molecule has 1 heterocycles. The molecule has 92 valence electrons. The van der Waals surface area contributed by atoms with E-state index in [2.05, 4.69) is 5.32 Å². The van der Waals surface area contributed by atoms with Crippen LogP contribution in [-0.4, -0.2) is 42.2 Å². The number of rotatable bonds is 4. The van der Waals surface area contributed by atoms with E-state index in [0.29, 0.717) is 12.5 Å². The number of para-hydroxylation sites is 1. The standard InChI is InChI=1S/C13H18N2O2/c1-10-4-2-3-5-12(10)14-13(17)8-15-6-11(7-15)9-16/h2-5,11,16H,6-9H2,1H3,(H,14,17). The molecular formula is C13H18N2O2. The molecule has 4 nitrogen and oxygen atoms in total. The molecular weight excluding hydrogens is 216 g/mol. The smallest absolute Gasteiger partial charge is 0.238 e. The van der Waals surface area contributed by atoms with Crippen LogP contribution in [0.3, 0.4) is 0 Å². The number of nitrogens with zero attached hydrogens (tertiary/aromatic N) is 1. The largest absolute Gasteiger partial charge is 0.396 e. The maximum Gasteiger partial charge on any atom is 0.238 e. The first-order valence-electron chi connectivity index (χ1n) is 5.87. The lowest BCUT2D eigenvalue weighted by atomic mass is 10.0. The number of aliphatic hydroxyl groups is 1. The van der Waals surface area contributed by atoms with Crippen LogP contribution >= 0.6 is 0 Å². The highest BCUT2D eigenvalue weighted by molar-refractivity contribution is 5.92. The van der Waals surface area contributed by atoms with Gasteiger partial charge in [0.15, 0.2) is 0 Å². The van der Waals surface area contributed by atoms with Crippen molar-refractivity contribution in [2.24, 2.45) is 5.92 Å². The van der Waals surface area contributed by atoms with Gasteiger partial charge in [-0.2, -0.15) is 0 Å². The Balaban J connectivity index is 1.80. The lowest BCUT2D eigenvalue weighted by Crippen LogP contribution is -2.51. The van der Waals surface area contributed by atoms with Crippen molar-refractivity contribution in [3.63, 3.8) is 0 Å². The van der Waals surface area contributed by atoms with Gasteiger partial charge in [0.2, 0.25) is 5.91 Å². The Kier molecular flexibility index (Phi) is 3.76. The van der Waals surface area contributed by atoms with E-state index in [0.717, 1.165) is 24.3 Å². The molecule has 1 amide bonds. The molecule has 2 rings (SSSR count). The molecule has 1 aliphatic rings. The Morgan fingerprint density at radius 2 is 2.18 bits per heavy atom. The molecule has 0 atom stereocenters. The highest BCUT2D eigenvalue weighted by atomic mass is 16.3. The first kappa shape index (κ1) is 12.1. The first-order chi connectivity index (χ1) is 8.19. The van der Waals surface area contributed by atoms with Crippen molar-refractivity contribution in [2.45, 2.75) is 6.92 Å². The van der Waals surface area contributed by atoms with E-state index in [9.17, 15) is 4.79 Å². The van der Waals surface area contributed by atoms with Crippen LogP contribution < -0.4 is 5.32 Å². The molecule has 1 aliphatic heterocycles. The van der Waals surface area contributed by atoms with Crippen molar-refractivity contribution >= 4 is 11.6 Å². The van der Waals surface area contributed by atoms with E-state index in [1.165, 1.54) is 0 Å². The van der Waals surface area contributed by atoms with Gasteiger partial charge in [-0.25, -0.2) is 0 Å². The van der Waals surface area contributed by atoms with Gasteiger partial charge in [-0.3, -0.25) is 9.69 Å². The van der Waals surface area contributed by atoms with Gasteiger partial charge in [0.1, 0.15) is 0 Å². The van der Waals surface area contributed by atoms with Crippen LogP contribution in [0.1, 0.15) is 5.56 Å². The third-order valence-corrected chi connectivity index (χ3v) is 3.08. The highest BCUT2D eigenvalue weighted by Crippen LogP contribution is 2.16. The van der Waals surface area contributed by atoms with E-state index in [1.54, 1.807) is 0 Å². The molecule has 1 aromatic rings. The van der Waals surface area contributed by atoms with Crippen LogP contribution in [-0.2, 0) is 4.79 Å². The van der Waals surface area contributed by atoms with Crippen molar-refractivity contribution < 1.29 is 9.90 Å². The second-order valence-corrected chi connectivity index (χ2v) is 4.61. The topological polar surface area (TPSA) is 52.6 Å². The fourth-order valence-electron chi connectivity index (χ4n) is 2.03. The second-order valence-electron chi connectivity index (χ2n) is 4.61. The van der Waals surface area contributed by atoms with Crippen LogP contribution in [0.25, 0.3) is 0 Å². The van der Waals surface area contributed by atoms with Gasteiger partial charge in [-0.1, -0.05) is 18.2 Å². The number of hydrogen-bond donors (Lipinski definition) is 2. The Morgan fingerprint density at radius 3 is 2.82 bits per heavy atom. The Hall–Kier alpha value is -1.39. The molecule has 0 spiro atoms. The molecule has 1 fully saturated rings. The number of amides is 1. The zero-order valence-electron chi connectivity index (χ0n) is 10.0. The van der Waals surface area contributed by atoms with Crippen molar-refractivity contribution in [3.8, 4) is 0 Å². The van der Waals surface area contributed by atoms with Crippen LogP contribution in [0.2, 0.25) is 0 Å². The molecule has 0 radical (unpaired) electrons. The molecule has 1 saturated heterocycles. The SMILES string of the molecule is Cc1ccccc1NC(=O)CN1CC(CO)C1. The summed E-state index contributed by atoms with van der Waals surface area (Å²) < 4.78 is 0. The number of aryl methyl sites for hydroxylation is 1. The quantitative estimate of drug-likeness (QED) is 0.812. The van der Waals surface area contributed by atoms with Crippen molar-refractivity contribution in [1.29, 1.82) is 0 Å². The molecule has 0 aliphatic carbocycles. The summed E-state index contributed by atoms with van der Waals surface area (Å²) in [5.41, 5.74) is 1.94. The maximum absolute atomic E-state index is 11.7. The third kappa shape index (κ3) is 3.05. The average Bonchev–Trinajstić information content (AvgIpc) is 2.26. The second kappa shape index (κ2) is 5.29. The van der Waals surface area contributed by atoms with Crippen LogP contribution in [0.4, 0.5) is 5.69 Å². The van der Waals surface area contributed by atoms with E-state index < -0.39 is 0 Å². The summed E-state index contributed by atoms with van der Waals surface area (Å²) in [6, 6.07) is 7.74. The molecule has 1 aromatic carbocycles. The predicted molar refractivity (Wildman–Crippen MR) is 66.8 cm³/mol. The van der Waals surface area contributed by atoms with E-state index in [1.807, 2.05) is 36.1 Å². The molecule has 2 N–H and O–H groups in total. The maximum atomic E-state index is 11.7. The van der Waals surface area contributed by atoms with Crippen LogP contribution in [0.15, 0.2) is 24.3 Å². The number of hydrogen-bond acceptors (Lipinski definition) is 3. The Morgan fingerprint density at radius 1 is 1.47 bits per heavy atom. The molecule has 4 heteroatoms. The predicted octanol–water partition coefficient (Wildman–Crippen LogP) is 0.858. The summed E-state index contributed by atoms with van der Waals surface area (Å²) >= 11 is 0. The van der Waals surface area contributed by atoms with Gasteiger partial charge >= 0.3 is 0 Å². The zero-order chi connectivity index (χ0) is 12.3. The number of aliphatic hydroxyl groups excluding tert-OH is 1. The van der Waals surface area contributed by atoms with Gasteiger partial charge in [0, 0.05) is 31.3 Å². The third-order valence-electron chi connectivity index (χ3n) is 3.08. The summed E-state index contributed by atoms with van der Waals surface area (Å²) in [7, 11) is 0. The van der Waals surface area contributed by atoms with Gasteiger partial charge < -0.3 is 10.4 Å². The minimum absolute atomic E-state index is 0.00990. The number of benzene rings is 1. The number of anilines is 1. The number of nitrogens with one attached hydrogen (secondary N) is 1. The Labute approximate surface area is 101 Å². The minimum atomic E-state index is 0.00990. The summed E-state index contributed by atoms with van der Waals surface area (Å²) in [6.45, 7) is 4.23. The minimum Gasteiger partial charge on any atom is -0.396 e. The van der Waals surface area contributed by atoms with Crippen molar-refractivity contribution in [2.75, 3.05) is 31.6 Å². The summed E-state index contributed by atoms with van der Waals surface area (Å²) in [4.78, 5) is 13.8. The van der Waals surface area contributed by atoms with E-state index >= 15 is 0 Å². The van der Waals surface area contributed by atoms with Crippen molar-refractivity contribution in [1.82, 2.24) is 4.90 Å². The van der Waals surface area contributed by atoms with E-state index in [4.69, 9.17) is 5.11 Å². The van der Waals surface area contributed by atoms with Gasteiger partial charge in [0.25, 0.3) is 0 Å². The molecule has 0 bridgehead atoms. The van der Waals surface area contributed by atoms with Crippen LogP contribution in [0, 0.1) is 12.8 Å². The summed E-state index contributed by atoms with van der Waals surface area (Å²) in [5, 5.41) is 11.8. The lowest BCUT2D eigenvalue weighted by molar-refractivity contribution is -0.119. The molecule has 0 unspecified atom stereocenters. The van der Waals surface area contributed by atoms with Gasteiger partial charge in [-0.05, 0) is 18.6 Å². The fraction of sp³-hybridized carbons (Fsp3) is 0.462. The molecule has 0 aromatic heterocycles. The Bertz CT molecular complexity index is 400. The normalized spacial score (nSPS) is 16.6. The number of likely N-dealkylation sites (tertiary alicyclic amines) is 1. The molecule has 0 saturated carbocycles. The zero-order valence-corrected chi connectivity index (χ0v) is 10.0. The lowest BCUT2D eigenvalue weighted by Gasteiger charge is -2.37. The highest BCUT2D eigenvalue weighted by Gasteiger charge is 2.27. The first-order valence-corrected chi connectivity index (χ1v) is 5.87. The number of carbonyl (C=O) groups excluding carboxylic acids is 1. The number of carbonyl (C=O) groups is 1. The van der Waals surface area contributed by atoms with Crippen LogP contribution in [0.5, 0.6) is 0 Å². The average molecular weight is 234 g/mol. The monoisotopic (exact) mass is 234 g/mol. The van der Waals surface area contributed by atoms with Gasteiger partial charge in [-0.15, -0.1) is 0 Å².